The van der Waals surface area contributed by atoms with Crippen LogP contribution in [0.2, 0.25) is 0 Å². The van der Waals surface area contributed by atoms with Gasteiger partial charge in [0, 0.05) is 18.8 Å². The van der Waals surface area contributed by atoms with E-state index in [9.17, 15) is 13.2 Å². The molecule has 0 aliphatic carbocycles. The van der Waals surface area contributed by atoms with Crippen LogP contribution in [0.15, 0.2) is 24.3 Å². The summed E-state index contributed by atoms with van der Waals surface area (Å²) in [6.45, 7) is 7.86. The molecule has 0 spiro atoms. The summed E-state index contributed by atoms with van der Waals surface area (Å²) >= 11 is 0. The first-order chi connectivity index (χ1) is 7.82. The second-order valence-corrected chi connectivity index (χ2v) is 3.75. The Hall–Kier alpha value is -1.19. The average molecular weight is 247 g/mol. The maximum absolute atomic E-state index is 12.4. The first-order valence-electron chi connectivity index (χ1n) is 5.72. The molecule has 1 aromatic carbocycles. The molecule has 1 rings (SSSR count). The van der Waals surface area contributed by atoms with Gasteiger partial charge in [-0.15, -0.1) is 0 Å². The van der Waals surface area contributed by atoms with E-state index in [2.05, 4.69) is 0 Å². The molecule has 0 heterocycles. The van der Waals surface area contributed by atoms with Crippen LogP contribution in [-0.2, 0) is 6.18 Å². The number of hydrogen-bond donors (Lipinski definition) is 0. The minimum atomic E-state index is -4.27. The highest BCUT2D eigenvalue weighted by atomic mass is 19.4. The van der Waals surface area contributed by atoms with Gasteiger partial charge >= 0.3 is 6.18 Å². The molecule has 0 saturated heterocycles. The standard InChI is InChI=1S/C11H14F3N.C2H6/c1-8(2)15(3)10-6-4-5-9(7-10)11(12,13)14;1-2/h4-8H,1-3H3;1-2H3. The van der Waals surface area contributed by atoms with Crippen LogP contribution in [-0.4, -0.2) is 13.1 Å². The molecule has 0 fully saturated rings. The molecule has 0 bridgehead atoms. The number of anilines is 1. The predicted molar refractivity (Wildman–Crippen MR) is 66.3 cm³/mol. The fraction of sp³-hybridized carbons (Fsp3) is 0.538. The molecular formula is C13H20F3N. The molecule has 17 heavy (non-hydrogen) atoms. The van der Waals surface area contributed by atoms with E-state index in [-0.39, 0.29) is 6.04 Å². The average Bonchev–Trinajstić information content (AvgIpc) is 2.29. The normalized spacial score (nSPS) is 10.9. The fourth-order valence-corrected chi connectivity index (χ4v) is 1.20. The molecule has 98 valence electrons. The highest BCUT2D eigenvalue weighted by molar-refractivity contribution is 5.49. The summed E-state index contributed by atoms with van der Waals surface area (Å²) in [5.41, 5.74) is -0.0210. The molecule has 0 aliphatic rings. The van der Waals surface area contributed by atoms with Gasteiger partial charge in [0.15, 0.2) is 0 Å². The van der Waals surface area contributed by atoms with Crippen molar-refractivity contribution >= 4 is 5.69 Å². The van der Waals surface area contributed by atoms with Crippen LogP contribution in [0.3, 0.4) is 0 Å². The molecule has 0 amide bonds. The largest absolute Gasteiger partial charge is 0.416 e. The molecule has 0 aliphatic heterocycles. The number of alkyl halides is 3. The Labute approximate surface area is 101 Å². The van der Waals surface area contributed by atoms with Crippen molar-refractivity contribution in [2.45, 2.75) is 39.9 Å². The zero-order valence-corrected chi connectivity index (χ0v) is 11.0. The Morgan fingerprint density at radius 2 is 1.65 bits per heavy atom. The Morgan fingerprint density at radius 3 is 2.06 bits per heavy atom. The SMILES string of the molecule is CC.CC(C)N(C)c1cccc(C(F)(F)F)c1. The maximum atomic E-state index is 12.4. The number of hydrogen-bond acceptors (Lipinski definition) is 1. The van der Waals surface area contributed by atoms with Gasteiger partial charge in [0.2, 0.25) is 0 Å². The minimum Gasteiger partial charge on any atom is -0.372 e. The van der Waals surface area contributed by atoms with Crippen LogP contribution in [0.5, 0.6) is 0 Å². The van der Waals surface area contributed by atoms with E-state index >= 15 is 0 Å². The number of rotatable bonds is 2. The molecule has 4 heteroatoms. The van der Waals surface area contributed by atoms with Crippen molar-refractivity contribution in [2.24, 2.45) is 0 Å². The summed E-state index contributed by atoms with van der Waals surface area (Å²) in [6.07, 6.45) is -4.27. The second-order valence-electron chi connectivity index (χ2n) is 3.75. The van der Waals surface area contributed by atoms with Crippen LogP contribution in [0.4, 0.5) is 18.9 Å². The summed E-state index contributed by atoms with van der Waals surface area (Å²) in [5, 5.41) is 0. The van der Waals surface area contributed by atoms with Gasteiger partial charge in [-0.3, -0.25) is 0 Å². The lowest BCUT2D eigenvalue weighted by Crippen LogP contribution is -2.25. The lowest BCUT2D eigenvalue weighted by atomic mass is 10.1. The highest BCUT2D eigenvalue weighted by Gasteiger charge is 2.30. The molecule has 0 atom stereocenters. The van der Waals surface area contributed by atoms with Gasteiger partial charge in [0.1, 0.15) is 0 Å². The van der Waals surface area contributed by atoms with Crippen molar-refractivity contribution in [3.63, 3.8) is 0 Å². The van der Waals surface area contributed by atoms with Gasteiger partial charge in [-0.1, -0.05) is 19.9 Å². The van der Waals surface area contributed by atoms with Crippen molar-refractivity contribution < 1.29 is 13.2 Å². The summed E-state index contributed by atoms with van der Waals surface area (Å²) in [7, 11) is 1.78. The minimum absolute atomic E-state index is 0.175. The molecule has 0 N–H and O–H groups in total. The van der Waals surface area contributed by atoms with Crippen molar-refractivity contribution in [3.8, 4) is 0 Å². The summed E-state index contributed by atoms with van der Waals surface area (Å²) in [6, 6.07) is 5.53. The van der Waals surface area contributed by atoms with E-state index < -0.39 is 11.7 Å². The van der Waals surface area contributed by atoms with Crippen LogP contribution >= 0.6 is 0 Å². The third kappa shape index (κ3) is 4.67. The highest BCUT2D eigenvalue weighted by Crippen LogP contribution is 2.31. The van der Waals surface area contributed by atoms with E-state index in [1.807, 2.05) is 27.7 Å². The molecule has 0 saturated carbocycles. The van der Waals surface area contributed by atoms with Gasteiger partial charge in [-0.05, 0) is 32.0 Å². The van der Waals surface area contributed by atoms with Crippen LogP contribution in [0.25, 0.3) is 0 Å². The quantitative estimate of drug-likeness (QED) is 0.739. The Bertz CT molecular complexity index is 332. The van der Waals surface area contributed by atoms with Crippen LogP contribution in [0.1, 0.15) is 33.3 Å². The van der Waals surface area contributed by atoms with E-state index in [0.717, 1.165) is 6.07 Å². The number of nitrogens with zero attached hydrogens (tertiary/aromatic N) is 1. The number of halogens is 3. The van der Waals surface area contributed by atoms with Gasteiger partial charge in [0.05, 0.1) is 5.56 Å². The van der Waals surface area contributed by atoms with E-state index in [0.29, 0.717) is 5.69 Å². The van der Waals surface area contributed by atoms with Gasteiger partial charge < -0.3 is 4.90 Å². The second kappa shape index (κ2) is 6.52. The summed E-state index contributed by atoms with van der Waals surface area (Å²) < 4.78 is 37.2. The van der Waals surface area contributed by atoms with E-state index in [1.54, 1.807) is 18.0 Å². The lowest BCUT2D eigenvalue weighted by Gasteiger charge is -2.24. The third-order valence-electron chi connectivity index (χ3n) is 2.36. The Balaban J connectivity index is 0.00000121. The summed E-state index contributed by atoms with van der Waals surface area (Å²) in [4.78, 5) is 1.80. The molecule has 0 unspecified atom stereocenters. The van der Waals surface area contributed by atoms with Gasteiger partial charge in [0.25, 0.3) is 0 Å². The zero-order valence-electron chi connectivity index (χ0n) is 11.0. The van der Waals surface area contributed by atoms with Crippen molar-refractivity contribution in [2.75, 3.05) is 11.9 Å². The van der Waals surface area contributed by atoms with E-state index in [1.165, 1.54) is 12.1 Å². The van der Waals surface area contributed by atoms with Crippen LogP contribution < -0.4 is 4.90 Å². The molecule has 0 radical (unpaired) electrons. The zero-order chi connectivity index (χ0) is 13.6. The fourth-order valence-electron chi connectivity index (χ4n) is 1.20. The first-order valence-corrected chi connectivity index (χ1v) is 5.72. The smallest absolute Gasteiger partial charge is 0.372 e. The molecule has 1 nitrogen and oxygen atoms in total. The lowest BCUT2D eigenvalue weighted by molar-refractivity contribution is -0.137. The first kappa shape index (κ1) is 15.8. The van der Waals surface area contributed by atoms with Gasteiger partial charge in [-0.25, -0.2) is 0 Å². The summed E-state index contributed by atoms with van der Waals surface area (Å²) in [5.74, 6) is 0. The predicted octanol–water partition coefficient (Wildman–Crippen LogP) is 4.58. The Morgan fingerprint density at radius 1 is 1.12 bits per heavy atom. The van der Waals surface area contributed by atoms with Crippen molar-refractivity contribution in [1.82, 2.24) is 0 Å². The van der Waals surface area contributed by atoms with Crippen molar-refractivity contribution in [1.29, 1.82) is 0 Å². The maximum Gasteiger partial charge on any atom is 0.416 e. The van der Waals surface area contributed by atoms with Crippen LogP contribution in [0, 0.1) is 0 Å². The third-order valence-corrected chi connectivity index (χ3v) is 2.36. The molecular weight excluding hydrogens is 227 g/mol. The molecule has 1 aromatic rings. The topological polar surface area (TPSA) is 3.24 Å². The monoisotopic (exact) mass is 247 g/mol. The number of benzene rings is 1. The Kier molecular flexibility index (Phi) is 6.07. The molecule has 0 aromatic heterocycles. The van der Waals surface area contributed by atoms with Crippen molar-refractivity contribution in [3.05, 3.63) is 29.8 Å². The van der Waals surface area contributed by atoms with E-state index in [4.69, 9.17) is 0 Å². The van der Waals surface area contributed by atoms with Gasteiger partial charge in [-0.2, -0.15) is 13.2 Å².